The number of halogens is 12. The van der Waals surface area contributed by atoms with Crippen molar-refractivity contribution >= 4 is 63.5 Å². The molecule has 1 N–H and O–H groups in total. The van der Waals surface area contributed by atoms with Gasteiger partial charge in [-0.2, -0.15) is 61.1 Å². The summed E-state index contributed by atoms with van der Waals surface area (Å²) in [5, 5.41) is -2.56. The summed E-state index contributed by atoms with van der Waals surface area (Å²) in [5.74, 6) is 0. The van der Waals surface area contributed by atoms with Crippen LogP contribution in [0.15, 0.2) is 65.6 Å². The molecule has 0 aliphatic rings. The van der Waals surface area contributed by atoms with E-state index in [1.54, 1.807) is 0 Å². The summed E-state index contributed by atoms with van der Waals surface area (Å²) in [6.45, 7) is 0. The maximum absolute atomic E-state index is 13.5. The zero-order chi connectivity index (χ0) is 29.8. The van der Waals surface area contributed by atoms with E-state index in [0.717, 1.165) is 18.2 Å². The zero-order valence-electron chi connectivity index (χ0n) is 19.4. The minimum Gasteiger partial charge on any atom is -0.282 e. The second-order valence-electron chi connectivity index (χ2n) is 7.84. The Hall–Kier alpha value is -1.84. The third-order valence-corrected chi connectivity index (χ3v) is 8.23. The van der Waals surface area contributed by atoms with Crippen molar-refractivity contribution in [1.82, 2.24) is 0 Å². The van der Waals surface area contributed by atoms with E-state index in [1.165, 1.54) is 0 Å². The van der Waals surface area contributed by atoms with Crippen LogP contribution in [0.25, 0.3) is 0 Å². The first-order chi connectivity index (χ1) is 17.5. The fourth-order valence-electron chi connectivity index (χ4n) is 3.37. The van der Waals surface area contributed by atoms with E-state index in [2.05, 4.69) is 0 Å². The molecule has 0 amide bonds. The monoisotopic (exact) mass is 637 g/mol. The first kappa shape index (κ1) is 34.4. The normalized spacial score (nSPS) is 13.3. The Morgan fingerprint density at radius 2 is 0.850 bits per heavy atom. The second kappa shape index (κ2) is 11.4. The van der Waals surface area contributed by atoms with Crippen LogP contribution in [0.5, 0.6) is 0 Å². The maximum atomic E-state index is 13.5. The molecular formula is C22H11F12NaO3PS. The SMILES string of the molecule is O=S(=O)(O)c1cccc(P(c2cc(C(F)(F)F)cc(C(F)(F)F)c2)c2cc(C(F)(F)F)cc(C(F)(F)F)c2)c1.[Na]. The molecule has 0 aliphatic carbocycles. The van der Waals surface area contributed by atoms with Crippen molar-refractivity contribution in [3.63, 3.8) is 0 Å². The van der Waals surface area contributed by atoms with E-state index in [9.17, 15) is 65.7 Å². The molecule has 3 rings (SSSR count). The molecule has 0 saturated carbocycles. The van der Waals surface area contributed by atoms with Gasteiger partial charge in [0, 0.05) is 29.6 Å². The van der Waals surface area contributed by atoms with Crippen molar-refractivity contribution in [2.24, 2.45) is 0 Å². The molecule has 0 fully saturated rings. The summed E-state index contributed by atoms with van der Waals surface area (Å²) in [6.07, 6.45) is -21.7. The van der Waals surface area contributed by atoms with Crippen molar-refractivity contribution in [2.45, 2.75) is 29.6 Å². The number of alkyl halides is 12. The average molecular weight is 637 g/mol. The summed E-state index contributed by atoms with van der Waals surface area (Å²) in [6, 6.07) is 2.89. The van der Waals surface area contributed by atoms with E-state index in [1.807, 2.05) is 0 Å². The zero-order valence-corrected chi connectivity index (χ0v) is 23.1. The van der Waals surface area contributed by atoms with Gasteiger partial charge in [0.05, 0.1) is 27.1 Å². The Labute approximate surface area is 241 Å². The molecule has 0 spiro atoms. The second-order valence-corrected chi connectivity index (χ2v) is 11.5. The van der Waals surface area contributed by atoms with Crippen LogP contribution in [-0.4, -0.2) is 42.5 Å². The first-order valence-corrected chi connectivity index (χ1v) is 12.7. The summed E-state index contributed by atoms with van der Waals surface area (Å²) >= 11 is 0. The average Bonchev–Trinajstić information content (AvgIpc) is 2.76. The van der Waals surface area contributed by atoms with Crippen molar-refractivity contribution in [3.8, 4) is 0 Å². The van der Waals surface area contributed by atoms with Gasteiger partial charge in [0.2, 0.25) is 0 Å². The summed E-state index contributed by atoms with van der Waals surface area (Å²) in [5.41, 5.74) is -7.63. The Bertz CT molecular complexity index is 1360. The minimum atomic E-state index is -5.42. The third-order valence-electron chi connectivity index (χ3n) is 5.03. The molecule has 40 heavy (non-hydrogen) atoms. The van der Waals surface area contributed by atoms with Crippen LogP contribution in [0.4, 0.5) is 52.7 Å². The van der Waals surface area contributed by atoms with Crippen molar-refractivity contribution in [1.29, 1.82) is 0 Å². The maximum Gasteiger partial charge on any atom is 0.416 e. The van der Waals surface area contributed by atoms with Gasteiger partial charge in [0.25, 0.3) is 10.1 Å². The fourth-order valence-corrected chi connectivity index (χ4v) is 6.45. The molecule has 3 aromatic rings. The van der Waals surface area contributed by atoms with Gasteiger partial charge in [-0.15, -0.1) is 0 Å². The number of hydrogen-bond donors (Lipinski definition) is 1. The number of benzene rings is 3. The van der Waals surface area contributed by atoms with Crippen molar-refractivity contribution < 1.29 is 65.7 Å². The van der Waals surface area contributed by atoms with Gasteiger partial charge in [-0.25, -0.2) is 0 Å². The molecule has 0 aromatic heterocycles. The number of rotatable bonds is 4. The quantitative estimate of drug-likeness (QED) is 0.156. The van der Waals surface area contributed by atoms with Crippen molar-refractivity contribution in [2.75, 3.05) is 0 Å². The molecule has 0 heterocycles. The van der Waals surface area contributed by atoms with Crippen LogP contribution in [0, 0.1) is 0 Å². The van der Waals surface area contributed by atoms with Crippen LogP contribution >= 0.6 is 7.92 Å². The van der Waals surface area contributed by atoms with Gasteiger partial charge in [-0.05, 0) is 72.4 Å². The Morgan fingerprint density at radius 3 is 1.12 bits per heavy atom. The van der Waals surface area contributed by atoms with Gasteiger partial charge in [-0.1, -0.05) is 12.1 Å². The molecular weight excluding hydrogens is 626 g/mol. The van der Waals surface area contributed by atoms with E-state index < -0.39 is 85.8 Å². The fraction of sp³-hybridized carbons (Fsp3) is 0.182. The predicted molar refractivity (Wildman–Crippen MR) is 121 cm³/mol. The topological polar surface area (TPSA) is 54.4 Å². The Balaban J connectivity index is 0.00000560. The first-order valence-electron chi connectivity index (χ1n) is 9.94. The van der Waals surface area contributed by atoms with E-state index >= 15 is 0 Å². The van der Waals surface area contributed by atoms with Crippen LogP contribution in [0.2, 0.25) is 0 Å². The van der Waals surface area contributed by atoms with E-state index in [0.29, 0.717) is 6.07 Å². The summed E-state index contributed by atoms with van der Waals surface area (Å²) in [4.78, 5) is -0.960. The van der Waals surface area contributed by atoms with Crippen LogP contribution in [0.3, 0.4) is 0 Å². The smallest absolute Gasteiger partial charge is 0.282 e. The molecule has 213 valence electrons. The summed E-state index contributed by atoms with van der Waals surface area (Å²) < 4.78 is 194. The molecule has 0 aliphatic heterocycles. The van der Waals surface area contributed by atoms with Crippen LogP contribution < -0.4 is 15.9 Å². The van der Waals surface area contributed by atoms with Gasteiger partial charge < -0.3 is 0 Å². The molecule has 0 atom stereocenters. The molecule has 1 radical (unpaired) electrons. The van der Waals surface area contributed by atoms with Gasteiger partial charge >= 0.3 is 24.7 Å². The number of hydrogen-bond acceptors (Lipinski definition) is 2. The molecule has 0 bridgehead atoms. The minimum absolute atomic E-state index is 0. The molecule has 3 aromatic carbocycles. The van der Waals surface area contributed by atoms with Gasteiger partial charge in [0.1, 0.15) is 0 Å². The van der Waals surface area contributed by atoms with Gasteiger partial charge in [0.15, 0.2) is 0 Å². The van der Waals surface area contributed by atoms with Crippen molar-refractivity contribution in [3.05, 3.63) is 82.9 Å². The summed E-state index contributed by atoms with van der Waals surface area (Å²) in [7, 11) is -8.20. The molecule has 3 nitrogen and oxygen atoms in total. The molecule has 0 unspecified atom stereocenters. The molecule has 0 saturated heterocycles. The standard InChI is InChI=1S/C22H11F12O3PS.Na/c23-19(24,25)11-4-12(20(26,27)28)7-16(6-11)38(15-2-1-3-18(10-15)39(35,36)37)17-8-13(21(29,30)31)5-14(9-17)22(32,33)34;/h1-10H,(H,35,36,37);. The van der Waals surface area contributed by atoms with Crippen LogP contribution in [0.1, 0.15) is 22.3 Å². The van der Waals surface area contributed by atoms with E-state index in [4.69, 9.17) is 0 Å². The largest absolute Gasteiger partial charge is 0.416 e. The van der Waals surface area contributed by atoms with Gasteiger partial charge in [-0.3, -0.25) is 4.55 Å². The Kier molecular flexibility index (Phi) is 9.83. The Morgan fingerprint density at radius 1 is 0.525 bits per heavy atom. The molecule has 18 heteroatoms. The van der Waals surface area contributed by atoms with E-state index in [-0.39, 0.29) is 66.0 Å². The predicted octanol–water partition coefficient (Wildman–Crippen LogP) is 6.39. The third kappa shape index (κ3) is 8.13. The van der Waals surface area contributed by atoms with Crippen LogP contribution in [-0.2, 0) is 34.8 Å².